The third-order valence-electron chi connectivity index (χ3n) is 5.37. The van der Waals surface area contributed by atoms with Gasteiger partial charge in [-0.1, -0.05) is 50.3 Å². The third-order valence-corrected chi connectivity index (χ3v) is 5.37. The van der Waals surface area contributed by atoms with Crippen LogP contribution in [0.4, 0.5) is 5.69 Å². The lowest BCUT2D eigenvalue weighted by atomic mass is 9.90. The molecule has 1 aromatic rings. The summed E-state index contributed by atoms with van der Waals surface area (Å²) in [5, 5.41) is 3.36. The second kappa shape index (κ2) is 8.37. The van der Waals surface area contributed by atoms with Crippen LogP contribution in [0.15, 0.2) is 30.3 Å². The molecule has 1 aliphatic heterocycles. The molecule has 1 saturated heterocycles. The number of nitrogens with zero attached hydrogens (tertiary/aromatic N) is 1. The fourth-order valence-corrected chi connectivity index (χ4v) is 4.01. The minimum absolute atomic E-state index is 0. The summed E-state index contributed by atoms with van der Waals surface area (Å²) < 4.78 is 0. The van der Waals surface area contributed by atoms with Gasteiger partial charge in [-0.05, 0) is 37.8 Å². The van der Waals surface area contributed by atoms with Crippen molar-refractivity contribution in [1.82, 2.24) is 5.32 Å². The molecule has 3 heteroatoms. The second-order valence-electron chi connectivity index (χ2n) is 7.17. The van der Waals surface area contributed by atoms with Gasteiger partial charge in [-0.2, -0.15) is 0 Å². The molecule has 0 unspecified atom stereocenters. The monoisotopic (exact) mass is 316 g/mol. The van der Waals surface area contributed by atoms with Gasteiger partial charge in [0.2, 0.25) is 5.91 Å². The molecule has 0 aromatic heterocycles. The van der Waals surface area contributed by atoms with Crippen molar-refractivity contribution in [2.45, 2.75) is 63.8 Å². The van der Waals surface area contributed by atoms with Crippen LogP contribution >= 0.6 is 0 Å². The number of piperidine rings is 1. The molecule has 3 nitrogen and oxygen atoms in total. The Balaban J connectivity index is 0.00000208. The SMILES string of the molecule is O=C(N[C@H]1CCCN(c2ccccc2)C1)C1CCCCCCC1.[HH]. The topological polar surface area (TPSA) is 32.3 Å². The van der Waals surface area contributed by atoms with E-state index < -0.39 is 0 Å². The number of carbonyl (C=O) groups excluding carboxylic acids is 1. The Morgan fingerprint density at radius 1 is 0.957 bits per heavy atom. The molecule has 2 aliphatic rings. The van der Waals surface area contributed by atoms with Gasteiger partial charge in [-0.3, -0.25) is 4.79 Å². The standard InChI is InChI=1S/C20H30N2O.H2/c23-20(17-10-5-2-1-3-6-11-17)21-18-12-9-15-22(16-18)19-13-7-4-8-14-19;/h4,7-8,13-14,17-18H,1-3,5-6,9-12,15-16H2,(H,21,23);1H/t18-;/m0./s1. The van der Waals surface area contributed by atoms with Crippen molar-refractivity contribution in [3.63, 3.8) is 0 Å². The highest BCUT2D eigenvalue weighted by Gasteiger charge is 2.25. The maximum Gasteiger partial charge on any atom is 0.223 e. The van der Waals surface area contributed by atoms with Crippen molar-refractivity contribution in [3.05, 3.63) is 30.3 Å². The van der Waals surface area contributed by atoms with Crippen molar-refractivity contribution < 1.29 is 6.22 Å². The molecular formula is C20H32N2O. The van der Waals surface area contributed by atoms with Crippen molar-refractivity contribution >= 4 is 11.6 Å². The van der Waals surface area contributed by atoms with Crippen molar-refractivity contribution in [2.75, 3.05) is 18.0 Å². The second-order valence-corrected chi connectivity index (χ2v) is 7.17. The minimum atomic E-state index is 0. The van der Waals surface area contributed by atoms with E-state index in [1.54, 1.807) is 0 Å². The van der Waals surface area contributed by atoms with E-state index in [1.807, 2.05) is 0 Å². The maximum atomic E-state index is 12.6. The first-order valence-electron chi connectivity index (χ1n) is 9.43. The van der Waals surface area contributed by atoms with Crippen molar-refractivity contribution in [2.24, 2.45) is 5.92 Å². The average Bonchev–Trinajstić information content (AvgIpc) is 2.55. The summed E-state index contributed by atoms with van der Waals surface area (Å²) >= 11 is 0. The molecular weight excluding hydrogens is 284 g/mol. The van der Waals surface area contributed by atoms with Gasteiger partial charge in [0, 0.05) is 32.2 Å². The number of anilines is 1. The molecule has 1 amide bonds. The van der Waals surface area contributed by atoms with Gasteiger partial charge in [0.25, 0.3) is 0 Å². The molecule has 3 rings (SSSR count). The summed E-state index contributed by atoms with van der Waals surface area (Å²) in [5.74, 6) is 0.564. The van der Waals surface area contributed by atoms with E-state index in [9.17, 15) is 4.79 Å². The highest BCUT2D eigenvalue weighted by atomic mass is 16.1. The van der Waals surface area contributed by atoms with Crippen LogP contribution in [-0.4, -0.2) is 25.0 Å². The van der Waals surface area contributed by atoms with E-state index in [2.05, 4.69) is 40.5 Å². The number of hydrogen-bond acceptors (Lipinski definition) is 2. The molecule has 0 bridgehead atoms. The fraction of sp³-hybridized carbons (Fsp3) is 0.650. The van der Waals surface area contributed by atoms with Crippen LogP contribution in [0, 0.1) is 5.92 Å². The Hall–Kier alpha value is -1.51. The van der Waals surface area contributed by atoms with Crippen LogP contribution in [0.2, 0.25) is 0 Å². The average molecular weight is 316 g/mol. The number of benzene rings is 1. The molecule has 1 heterocycles. The van der Waals surface area contributed by atoms with Gasteiger partial charge in [0.15, 0.2) is 0 Å². The zero-order valence-electron chi connectivity index (χ0n) is 14.2. The van der Waals surface area contributed by atoms with Crippen LogP contribution in [0.25, 0.3) is 0 Å². The molecule has 1 aliphatic carbocycles. The van der Waals surface area contributed by atoms with E-state index in [4.69, 9.17) is 0 Å². The highest BCUT2D eigenvalue weighted by Crippen LogP contribution is 2.24. The van der Waals surface area contributed by atoms with Gasteiger partial charge in [0.1, 0.15) is 0 Å². The Kier molecular flexibility index (Phi) is 5.95. The predicted molar refractivity (Wildman–Crippen MR) is 97.7 cm³/mol. The molecule has 0 spiro atoms. The lowest BCUT2D eigenvalue weighted by molar-refractivity contribution is -0.126. The number of hydrogen-bond donors (Lipinski definition) is 1. The lowest BCUT2D eigenvalue weighted by Crippen LogP contribution is -2.49. The quantitative estimate of drug-likeness (QED) is 0.897. The molecule has 0 radical (unpaired) electrons. The zero-order chi connectivity index (χ0) is 15.9. The number of para-hydroxylation sites is 1. The van der Waals surface area contributed by atoms with Crippen LogP contribution in [-0.2, 0) is 4.79 Å². The summed E-state index contributed by atoms with van der Waals surface area (Å²) in [4.78, 5) is 15.1. The first kappa shape index (κ1) is 16.4. The van der Waals surface area contributed by atoms with Gasteiger partial charge < -0.3 is 10.2 Å². The van der Waals surface area contributed by atoms with Crippen molar-refractivity contribution in [3.8, 4) is 0 Å². The smallest absolute Gasteiger partial charge is 0.223 e. The molecule has 128 valence electrons. The first-order chi connectivity index (χ1) is 11.3. The molecule has 1 saturated carbocycles. The summed E-state index contributed by atoms with van der Waals surface area (Å²) in [5.41, 5.74) is 1.28. The van der Waals surface area contributed by atoms with Crippen LogP contribution < -0.4 is 10.2 Å². The Bertz CT molecular complexity index is 486. The van der Waals surface area contributed by atoms with E-state index in [-0.39, 0.29) is 7.34 Å². The highest BCUT2D eigenvalue weighted by molar-refractivity contribution is 5.79. The van der Waals surface area contributed by atoms with E-state index in [0.29, 0.717) is 11.9 Å². The summed E-state index contributed by atoms with van der Waals surface area (Å²) in [6.45, 7) is 2.04. The van der Waals surface area contributed by atoms with Gasteiger partial charge >= 0.3 is 0 Å². The summed E-state index contributed by atoms with van der Waals surface area (Å²) in [6, 6.07) is 10.9. The zero-order valence-corrected chi connectivity index (χ0v) is 14.2. The van der Waals surface area contributed by atoms with Gasteiger partial charge in [-0.25, -0.2) is 0 Å². The number of nitrogens with one attached hydrogen (secondary N) is 1. The molecule has 1 atom stereocenters. The summed E-state index contributed by atoms with van der Waals surface area (Å²) in [7, 11) is 0. The maximum absolute atomic E-state index is 12.6. The van der Waals surface area contributed by atoms with E-state index in [1.165, 1.54) is 37.8 Å². The largest absolute Gasteiger partial charge is 0.369 e. The summed E-state index contributed by atoms with van der Waals surface area (Å²) in [6.07, 6.45) is 10.8. The van der Waals surface area contributed by atoms with Crippen LogP contribution in [0.3, 0.4) is 0 Å². The Morgan fingerprint density at radius 3 is 2.39 bits per heavy atom. The van der Waals surface area contributed by atoms with Gasteiger partial charge in [0.05, 0.1) is 0 Å². The Labute approximate surface area is 141 Å². The predicted octanol–water partition coefficient (Wildman–Crippen LogP) is 4.38. The van der Waals surface area contributed by atoms with E-state index >= 15 is 0 Å². The fourth-order valence-electron chi connectivity index (χ4n) is 4.01. The Morgan fingerprint density at radius 2 is 1.65 bits per heavy atom. The molecule has 2 fully saturated rings. The third kappa shape index (κ3) is 4.73. The van der Waals surface area contributed by atoms with Gasteiger partial charge in [-0.15, -0.1) is 0 Å². The van der Waals surface area contributed by atoms with Crippen molar-refractivity contribution in [1.29, 1.82) is 0 Å². The van der Waals surface area contributed by atoms with E-state index in [0.717, 1.165) is 38.8 Å². The first-order valence-corrected chi connectivity index (χ1v) is 9.43. The van der Waals surface area contributed by atoms with Crippen LogP contribution in [0.1, 0.15) is 59.2 Å². The number of amides is 1. The molecule has 1 aromatic carbocycles. The lowest BCUT2D eigenvalue weighted by Gasteiger charge is -2.35. The molecule has 1 N–H and O–H groups in total. The normalized spacial score (nSPS) is 23.8. The number of rotatable bonds is 3. The van der Waals surface area contributed by atoms with Crippen LogP contribution in [0.5, 0.6) is 0 Å². The minimum Gasteiger partial charge on any atom is -0.369 e. The molecule has 23 heavy (non-hydrogen) atoms. The number of carbonyl (C=O) groups is 1.